The van der Waals surface area contributed by atoms with Crippen molar-refractivity contribution in [3.63, 3.8) is 0 Å². The van der Waals surface area contributed by atoms with Crippen molar-refractivity contribution in [1.29, 1.82) is 0 Å². The summed E-state index contributed by atoms with van der Waals surface area (Å²) in [5.41, 5.74) is 0.780. The van der Waals surface area contributed by atoms with Gasteiger partial charge in [0.15, 0.2) is 11.6 Å². The van der Waals surface area contributed by atoms with Gasteiger partial charge in [-0.15, -0.1) is 0 Å². The van der Waals surface area contributed by atoms with Crippen LogP contribution in [0.5, 0.6) is 0 Å². The van der Waals surface area contributed by atoms with Gasteiger partial charge in [0.2, 0.25) is 0 Å². The summed E-state index contributed by atoms with van der Waals surface area (Å²) < 4.78 is 37.6. The number of allylic oxidation sites excluding steroid dienone is 3. The largest absolute Gasteiger partial charge is 0.416 e. The van der Waals surface area contributed by atoms with E-state index < -0.39 is 17.6 Å². The van der Waals surface area contributed by atoms with E-state index in [-0.39, 0.29) is 30.1 Å². The minimum Gasteiger partial charge on any atom is -0.352 e. The van der Waals surface area contributed by atoms with Gasteiger partial charge in [0.1, 0.15) is 0 Å². The lowest BCUT2D eigenvalue weighted by Gasteiger charge is -2.18. The van der Waals surface area contributed by atoms with Crippen LogP contribution in [0.1, 0.15) is 43.1 Å². The van der Waals surface area contributed by atoms with Gasteiger partial charge >= 0.3 is 6.18 Å². The van der Waals surface area contributed by atoms with Crippen molar-refractivity contribution >= 4 is 17.5 Å². The Labute approximate surface area is 148 Å². The van der Waals surface area contributed by atoms with Gasteiger partial charge in [-0.25, -0.2) is 0 Å². The Hall–Kier alpha value is -2.70. The molecule has 0 radical (unpaired) electrons. The topological polar surface area (TPSA) is 63.2 Å². The standard InChI is InChI=1S/C19H18F3NO3/c1-10-11(2)17(25)15(12(3)16(10)24)8-9-23-18(26)13-4-6-14(7-5-13)19(20,21)22/h4-7H,8-9H2,1-3H3,(H,23,26). The summed E-state index contributed by atoms with van der Waals surface area (Å²) in [4.78, 5) is 36.4. The average Bonchev–Trinajstić information content (AvgIpc) is 2.60. The van der Waals surface area contributed by atoms with Crippen LogP contribution in [-0.2, 0) is 15.8 Å². The lowest BCUT2D eigenvalue weighted by molar-refractivity contribution is -0.137. The van der Waals surface area contributed by atoms with Crippen LogP contribution in [0.15, 0.2) is 46.6 Å². The van der Waals surface area contributed by atoms with Crippen LogP contribution in [0.2, 0.25) is 0 Å². The summed E-state index contributed by atoms with van der Waals surface area (Å²) in [6.45, 7) is 4.85. The third-order valence-corrected chi connectivity index (χ3v) is 4.45. The van der Waals surface area contributed by atoms with Crippen molar-refractivity contribution in [2.24, 2.45) is 0 Å². The molecule has 2 rings (SSSR count). The highest BCUT2D eigenvalue weighted by molar-refractivity contribution is 6.24. The van der Waals surface area contributed by atoms with Gasteiger partial charge in [0, 0.05) is 34.4 Å². The number of Topliss-reactive ketones (excluding diaryl/α,β-unsaturated/α-hetero) is 2. The summed E-state index contributed by atoms with van der Waals surface area (Å²) in [5.74, 6) is -0.954. The molecule has 7 heteroatoms. The Morgan fingerprint density at radius 2 is 1.46 bits per heavy atom. The highest BCUT2D eigenvalue weighted by Gasteiger charge is 2.30. The van der Waals surface area contributed by atoms with Gasteiger partial charge in [-0.05, 0) is 51.5 Å². The molecule has 0 aromatic heterocycles. The lowest BCUT2D eigenvalue weighted by Crippen LogP contribution is -2.28. The van der Waals surface area contributed by atoms with Gasteiger partial charge in [0.25, 0.3) is 5.91 Å². The van der Waals surface area contributed by atoms with Crippen molar-refractivity contribution in [2.75, 3.05) is 6.54 Å². The summed E-state index contributed by atoms with van der Waals surface area (Å²) in [5, 5.41) is 2.55. The minimum absolute atomic E-state index is 0.0849. The Morgan fingerprint density at radius 1 is 0.923 bits per heavy atom. The van der Waals surface area contributed by atoms with Crippen LogP contribution in [0, 0.1) is 0 Å². The molecule has 4 nitrogen and oxygen atoms in total. The van der Waals surface area contributed by atoms with E-state index in [4.69, 9.17) is 0 Å². The van der Waals surface area contributed by atoms with Gasteiger partial charge in [0.05, 0.1) is 5.56 Å². The number of rotatable bonds is 4. The molecule has 138 valence electrons. The fourth-order valence-corrected chi connectivity index (χ4v) is 2.67. The monoisotopic (exact) mass is 365 g/mol. The number of nitrogens with one attached hydrogen (secondary N) is 1. The molecule has 1 amide bonds. The molecule has 0 unspecified atom stereocenters. The summed E-state index contributed by atoms with van der Waals surface area (Å²) in [7, 11) is 0. The maximum Gasteiger partial charge on any atom is 0.416 e. The normalized spacial score (nSPS) is 15.6. The highest BCUT2D eigenvalue weighted by atomic mass is 19.4. The maximum atomic E-state index is 12.5. The van der Waals surface area contributed by atoms with Crippen LogP contribution in [-0.4, -0.2) is 24.0 Å². The van der Waals surface area contributed by atoms with Crippen molar-refractivity contribution in [3.8, 4) is 0 Å². The van der Waals surface area contributed by atoms with E-state index in [1.54, 1.807) is 20.8 Å². The predicted octanol–water partition coefficient (Wildman–Crippen LogP) is 3.63. The molecule has 1 aromatic carbocycles. The Balaban J connectivity index is 2.01. The van der Waals surface area contributed by atoms with Gasteiger partial charge in [-0.1, -0.05) is 0 Å². The second kappa shape index (κ2) is 7.27. The first-order valence-electron chi connectivity index (χ1n) is 7.96. The van der Waals surface area contributed by atoms with Crippen LogP contribution >= 0.6 is 0 Å². The quantitative estimate of drug-likeness (QED) is 0.829. The van der Waals surface area contributed by atoms with Crippen LogP contribution in [0.3, 0.4) is 0 Å². The number of amides is 1. The van der Waals surface area contributed by atoms with Crippen molar-refractivity contribution in [2.45, 2.75) is 33.4 Å². The van der Waals surface area contributed by atoms with E-state index in [0.717, 1.165) is 24.3 Å². The molecule has 1 aliphatic rings. The van der Waals surface area contributed by atoms with Crippen LogP contribution in [0.4, 0.5) is 13.2 Å². The van der Waals surface area contributed by atoms with Gasteiger partial charge in [-0.2, -0.15) is 13.2 Å². The summed E-state index contributed by atoms with van der Waals surface area (Å²) in [6.07, 6.45) is -4.29. The number of benzene rings is 1. The van der Waals surface area contributed by atoms with E-state index in [2.05, 4.69) is 5.32 Å². The molecule has 0 heterocycles. The summed E-state index contributed by atoms with van der Waals surface area (Å²) >= 11 is 0. The van der Waals surface area contributed by atoms with E-state index in [1.807, 2.05) is 0 Å². The molecular weight excluding hydrogens is 347 g/mol. The van der Waals surface area contributed by atoms with Crippen LogP contribution in [0.25, 0.3) is 0 Å². The third-order valence-electron chi connectivity index (χ3n) is 4.45. The average molecular weight is 365 g/mol. The first-order chi connectivity index (χ1) is 12.0. The highest BCUT2D eigenvalue weighted by Crippen LogP contribution is 2.29. The fraction of sp³-hybridized carbons (Fsp3) is 0.316. The lowest BCUT2D eigenvalue weighted by atomic mass is 9.84. The molecule has 1 aliphatic carbocycles. The second-order valence-electron chi connectivity index (χ2n) is 6.09. The van der Waals surface area contributed by atoms with Crippen molar-refractivity contribution in [3.05, 3.63) is 57.7 Å². The van der Waals surface area contributed by atoms with E-state index in [1.165, 1.54) is 0 Å². The van der Waals surface area contributed by atoms with Gasteiger partial charge in [-0.3, -0.25) is 14.4 Å². The number of alkyl halides is 3. The molecule has 1 aromatic rings. The second-order valence-corrected chi connectivity index (χ2v) is 6.09. The zero-order valence-electron chi connectivity index (χ0n) is 14.6. The van der Waals surface area contributed by atoms with E-state index in [9.17, 15) is 27.6 Å². The number of hydrogen-bond acceptors (Lipinski definition) is 3. The molecule has 1 N–H and O–H groups in total. The predicted molar refractivity (Wildman–Crippen MR) is 89.5 cm³/mol. The number of carbonyl (C=O) groups is 3. The number of ketones is 2. The first-order valence-corrected chi connectivity index (χ1v) is 7.96. The Kier molecular flexibility index (Phi) is 5.49. The van der Waals surface area contributed by atoms with E-state index >= 15 is 0 Å². The SMILES string of the molecule is CC1=C(C)C(=O)C(CCNC(=O)c2ccc(C(F)(F)F)cc2)=C(C)C1=O. The molecule has 0 fully saturated rings. The number of hydrogen-bond donors (Lipinski definition) is 1. The third kappa shape index (κ3) is 3.92. The minimum atomic E-state index is -4.46. The fourth-order valence-electron chi connectivity index (χ4n) is 2.67. The Morgan fingerprint density at radius 3 is 2.00 bits per heavy atom. The number of carbonyl (C=O) groups excluding carboxylic acids is 3. The molecular formula is C19H18F3NO3. The molecule has 26 heavy (non-hydrogen) atoms. The number of halogens is 3. The molecule has 0 saturated carbocycles. The molecule has 0 bridgehead atoms. The zero-order valence-corrected chi connectivity index (χ0v) is 14.6. The van der Waals surface area contributed by atoms with Crippen LogP contribution < -0.4 is 5.32 Å². The van der Waals surface area contributed by atoms with Crippen molar-refractivity contribution < 1.29 is 27.6 Å². The van der Waals surface area contributed by atoms with Gasteiger partial charge < -0.3 is 5.32 Å². The first kappa shape index (κ1) is 19.6. The smallest absolute Gasteiger partial charge is 0.352 e. The molecule has 0 aliphatic heterocycles. The molecule has 0 saturated heterocycles. The maximum absolute atomic E-state index is 12.5. The molecule has 0 atom stereocenters. The summed E-state index contributed by atoms with van der Waals surface area (Å²) in [6, 6.07) is 3.85. The Bertz CT molecular complexity index is 831. The molecule has 0 spiro atoms. The van der Waals surface area contributed by atoms with Crippen molar-refractivity contribution in [1.82, 2.24) is 5.32 Å². The van der Waals surface area contributed by atoms with E-state index in [0.29, 0.717) is 22.3 Å². The zero-order chi connectivity index (χ0) is 19.6.